The van der Waals surface area contributed by atoms with Gasteiger partial charge in [0.25, 0.3) is 0 Å². The molecule has 0 amide bonds. The molecule has 0 unspecified atom stereocenters. The van der Waals surface area contributed by atoms with Crippen molar-refractivity contribution in [2.24, 2.45) is 0 Å². The van der Waals surface area contributed by atoms with E-state index in [4.69, 9.17) is 4.74 Å². The highest BCUT2D eigenvalue weighted by molar-refractivity contribution is 7.90. The first kappa shape index (κ1) is 17.3. The molecular weight excluding hydrogens is 350 g/mol. The minimum Gasteiger partial charge on any atom is -0.493 e. The number of pyridine rings is 1. The van der Waals surface area contributed by atoms with Crippen molar-refractivity contribution in [1.29, 1.82) is 0 Å². The molecular formula is C19H23N3O3S. The van der Waals surface area contributed by atoms with Gasteiger partial charge in [0.2, 0.25) is 0 Å². The van der Waals surface area contributed by atoms with Gasteiger partial charge in [-0.1, -0.05) is 12.1 Å². The molecule has 2 aliphatic heterocycles. The SMILES string of the molecule is CS(=O)(=O)c1cncc(N2CCN(Cc3ccc4c(c3)OCC4)CC2)c1. The Kier molecular flexibility index (Phi) is 4.58. The summed E-state index contributed by atoms with van der Waals surface area (Å²) >= 11 is 0. The third-order valence-corrected chi connectivity index (χ3v) is 6.11. The lowest BCUT2D eigenvalue weighted by molar-refractivity contribution is 0.249. The fourth-order valence-electron chi connectivity index (χ4n) is 3.51. The molecule has 1 saturated heterocycles. The summed E-state index contributed by atoms with van der Waals surface area (Å²) in [6, 6.07) is 8.25. The second kappa shape index (κ2) is 6.89. The van der Waals surface area contributed by atoms with Crippen LogP contribution in [0.5, 0.6) is 5.75 Å². The van der Waals surface area contributed by atoms with Gasteiger partial charge in [0.1, 0.15) is 5.75 Å². The molecule has 0 radical (unpaired) electrons. The number of piperazine rings is 1. The van der Waals surface area contributed by atoms with Crippen molar-refractivity contribution >= 4 is 15.5 Å². The maximum atomic E-state index is 11.7. The van der Waals surface area contributed by atoms with E-state index in [9.17, 15) is 8.42 Å². The first-order valence-corrected chi connectivity index (χ1v) is 10.8. The largest absolute Gasteiger partial charge is 0.493 e. The Morgan fingerprint density at radius 3 is 2.69 bits per heavy atom. The van der Waals surface area contributed by atoms with E-state index >= 15 is 0 Å². The fourth-order valence-corrected chi connectivity index (χ4v) is 4.10. The molecule has 138 valence electrons. The highest BCUT2D eigenvalue weighted by atomic mass is 32.2. The Morgan fingerprint density at radius 2 is 1.92 bits per heavy atom. The summed E-state index contributed by atoms with van der Waals surface area (Å²) in [5, 5.41) is 0. The molecule has 2 aliphatic rings. The third kappa shape index (κ3) is 3.68. The van der Waals surface area contributed by atoms with Crippen molar-refractivity contribution in [3.8, 4) is 5.75 Å². The van der Waals surface area contributed by atoms with Gasteiger partial charge in [-0.05, 0) is 23.3 Å². The van der Waals surface area contributed by atoms with Crippen LogP contribution in [-0.4, -0.2) is 57.3 Å². The molecule has 4 rings (SSSR count). The van der Waals surface area contributed by atoms with Gasteiger partial charge in [0, 0.05) is 51.6 Å². The van der Waals surface area contributed by atoms with E-state index < -0.39 is 9.84 Å². The van der Waals surface area contributed by atoms with Crippen LogP contribution in [0.4, 0.5) is 5.69 Å². The Hall–Kier alpha value is -2.12. The van der Waals surface area contributed by atoms with Gasteiger partial charge in [0.05, 0.1) is 23.4 Å². The first-order valence-electron chi connectivity index (χ1n) is 8.86. The monoisotopic (exact) mass is 373 g/mol. The molecule has 0 bridgehead atoms. The van der Waals surface area contributed by atoms with Gasteiger partial charge < -0.3 is 9.64 Å². The number of anilines is 1. The number of nitrogens with zero attached hydrogens (tertiary/aromatic N) is 3. The molecule has 1 aromatic heterocycles. The summed E-state index contributed by atoms with van der Waals surface area (Å²) < 4.78 is 29.1. The number of ether oxygens (including phenoxy) is 1. The topological polar surface area (TPSA) is 62.7 Å². The van der Waals surface area contributed by atoms with E-state index in [-0.39, 0.29) is 4.90 Å². The normalized spacial score (nSPS) is 17.8. The van der Waals surface area contributed by atoms with Crippen LogP contribution in [0.1, 0.15) is 11.1 Å². The van der Waals surface area contributed by atoms with Gasteiger partial charge >= 0.3 is 0 Å². The molecule has 0 spiro atoms. The predicted octanol–water partition coefficient (Wildman–Crippen LogP) is 1.74. The molecule has 3 heterocycles. The minimum atomic E-state index is -3.23. The van der Waals surface area contributed by atoms with Crippen molar-refractivity contribution in [3.05, 3.63) is 47.8 Å². The zero-order valence-corrected chi connectivity index (χ0v) is 15.7. The zero-order chi connectivity index (χ0) is 18.1. The van der Waals surface area contributed by atoms with Crippen LogP contribution in [0.2, 0.25) is 0 Å². The highest BCUT2D eigenvalue weighted by Crippen LogP contribution is 2.27. The zero-order valence-electron chi connectivity index (χ0n) is 14.9. The van der Waals surface area contributed by atoms with Crippen molar-refractivity contribution in [1.82, 2.24) is 9.88 Å². The maximum absolute atomic E-state index is 11.7. The summed E-state index contributed by atoms with van der Waals surface area (Å²) in [7, 11) is -3.23. The highest BCUT2D eigenvalue weighted by Gasteiger charge is 2.20. The van der Waals surface area contributed by atoms with Crippen LogP contribution >= 0.6 is 0 Å². The number of hydrogen-bond donors (Lipinski definition) is 0. The lowest BCUT2D eigenvalue weighted by atomic mass is 10.1. The van der Waals surface area contributed by atoms with Crippen LogP contribution in [0.15, 0.2) is 41.6 Å². The van der Waals surface area contributed by atoms with Crippen molar-refractivity contribution in [2.45, 2.75) is 17.9 Å². The van der Waals surface area contributed by atoms with Crippen LogP contribution in [0, 0.1) is 0 Å². The van der Waals surface area contributed by atoms with E-state index in [1.807, 2.05) is 0 Å². The van der Waals surface area contributed by atoms with Gasteiger partial charge in [0.15, 0.2) is 9.84 Å². The second-order valence-electron chi connectivity index (χ2n) is 6.95. The fraction of sp³-hybridized carbons (Fsp3) is 0.421. The van der Waals surface area contributed by atoms with E-state index in [1.54, 1.807) is 12.3 Å². The Morgan fingerprint density at radius 1 is 1.12 bits per heavy atom. The average molecular weight is 373 g/mol. The quantitative estimate of drug-likeness (QED) is 0.814. The number of sulfone groups is 1. The summed E-state index contributed by atoms with van der Waals surface area (Å²) in [5.74, 6) is 1.03. The summed E-state index contributed by atoms with van der Waals surface area (Å²) in [4.78, 5) is 8.99. The molecule has 0 aliphatic carbocycles. The lowest BCUT2D eigenvalue weighted by Gasteiger charge is -2.36. The molecule has 1 fully saturated rings. The maximum Gasteiger partial charge on any atom is 0.177 e. The Balaban J connectivity index is 1.38. The third-order valence-electron chi connectivity index (χ3n) is 5.03. The van der Waals surface area contributed by atoms with Crippen molar-refractivity contribution < 1.29 is 13.2 Å². The summed E-state index contributed by atoms with van der Waals surface area (Å²) in [6.45, 7) is 5.28. The van der Waals surface area contributed by atoms with Crippen molar-refractivity contribution in [3.63, 3.8) is 0 Å². The summed E-state index contributed by atoms with van der Waals surface area (Å²) in [6.07, 6.45) is 5.37. The number of hydrogen-bond acceptors (Lipinski definition) is 6. The van der Waals surface area contributed by atoms with E-state index in [2.05, 4.69) is 33.0 Å². The van der Waals surface area contributed by atoms with Crippen LogP contribution < -0.4 is 9.64 Å². The second-order valence-corrected chi connectivity index (χ2v) is 8.97. The smallest absolute Gasteiger partial charge is 0.177 e. The number of aromatic nitrogens is 1. The number of benzene rings is 1. The standard InChI is InChI=1S/C19H23N3O3S/c1-26(23,24)18-11-17(12-20-13-18)22-7-5-21(6-8-22)14-15-2-3-16-4-9-25-19(16)10-15/h2-3,10-13H,4-9,14H2,1H3. The van der Waals surface area contributed by atoms with Crippen LogP contribution in [0.3, 0.4) is 0 Å². The van der Waals surface area contributed by atoms with Gasteiger partial charge in [-0.25, -0.2) is 8.42 Å². The minimum absolute atomic E-state index is 0.274. The molecule has 6 nitrogen and oxygen atoms in total. The molecule has 0 atom stereocenters. The Labute approximate surface area is 154 Å². The molecule has 1 aromatic carbocycles. The molecule has 26 heavy (non-hydrogen) atoms. The number of rotatable bonds is 4. The van der Waals surface area contributed by atoms with E-state index in [1.165, 1.54) is 23.6 Å². The Bertz CT molecular complexity index is 906. The number of fused-ring (bicyclic) bond motifs is 1. The average Bonchev–Trinajstić information content (AvgIpc) is 3.10. The molecule has 0 saturated carbocycles. The first-order chi connectivity index (χ1) is 12.5. The summed E-state index contributed by atoms with van der Waals surface area (Å²) in [5.41, 5.74) is 3.45. The molecule has 7 heteroatoms. The van der Waals surface area contributed by atoms with Crippen molar-refractivity contribution in [2.75, 3.05) is 43.9 Å². The van der Waals surface area contributed by atoms with Gasteiger partial charge in [-0.15, -0.1) is 0 Å². The molecule has 0 N–H and O–H groups in total. The predicted molar refractivity (Wildman–Crippen MR) is 100 cm³/mol. The van der Waals surface area contributed by atoms with E-state index in [0.29, 0.717) is 0 Å². The van der Waals surface area contributed by atoms with Crippen LogP contribution in [0.25, 0.3) is 0 Å². The lowest BCUT2D eigenvalue weighted by Crippen LogP contribution is -2.46. The van der Waals surface area contributed by atoms with Gasteiger partial charge in [-0.2, -0.15) is 0 Å². The van der Waals surface area contributed by atoms with Gasteiger partial charge in [-0.3, -0.25) is 9.88 Å². The van der Waals surface area contributed by atoms with E-state index in [0.717, 1.165) is 57.2 Å². The van der Waals surface area contributed by atoms with Crippen LogP contribution in [-0.2, 0) is 22.8 Å². The molecule has 2 aromatic rings.